The molecule has 0 aliphatic heterocycles. The molecule has 0 saturated carbocycles. The van der Waals surface area contributed by atoms with Crippen LogP contribution < -0.4 is 14.8 Å². The van der Waals surface area contributed by atoms with Gasteiger partial charge in [0.15, 0.2) is 0 Å². The van der Waals surface area contributed by atoms with Crippen molar-refractivity contribution < 1.29 is 18.3 Å². The van der Waals surface area contributed by atoms with Gasteiger partial charge in [-0.25, -0.2) is 4.39 Å². The van der Waals surface area contributed by atoms with Gasteiger partial charge in [0, 0.05) is 11.6 Å². The molecule has 0 fully saturated rings. The highest BCUT2D eigenvalue weighted by atomic mass is 19.1. The van der Waals surface area contributed by atoms with E-state index in [0.717, 1.165) is 11.1 Å². The van der Waals surface area contributed by atoms with Gasteiger partial charge in [0.25, 0.3) is 0 Å². The van der Waals surface area contributed by atoms with Crippen molar-refractivity contribution in [2.75, 3.05) is 19.5 Å². The molecule has 0 spiro atoms. The third-order valence-corrected chi connectivity index (χ3v) is 4.62. The van der Waals surface area contributed by atoms with Gasteiger partial charge >= 0.3 is 0 Å². The number of hydrogen-bond donors (Lipinski definition) is 1. The van der Waals surface area contributed by atoms with Gasteiger partial charge in [-0.15, -0.1) is 10.2 Å². The van der Waals surface area contributed by atoms with E-state index in [0.29, 0.717) is 29.0 Å². The highest BCUT2D eigenvalue weighted by Gasteiger charge is 2.23. The molecular formula is C23H20FN3O3. The minimum atomic E-state index is -0.516. The van der Waals surface area contributed by atoms with Crippen molar-refractivity contribution in [2.24, 2.45) is 0 Å². The molecular weight excluding hydrogens is 385 g/mol. The molecule has 1 aromatic heterocycles. The predicted octanol–water partition coefficient (Wildman–Crippen LogP) is 5.09. The highest BCUT2D eigenvalue weighted by molar-refractivity contribution is 5.61. The van der Waals surface area contributed by atoms with Crippen molar-refractivity contribution in [3.8, 4) is 23.0 Å². The van der Waals surface area contributed by atoms with Gasteiger partial charge in [-0.05, 0) is 42.0 Å². The fraction of sp³-hybridized carbons (Fsp3) is 0.130. The lowest BCUT2D eigenvalue weighted by Gasteiger charge is -2.19. The zero-order valence-electron chi connectivity index (χ0n) is 16.5. The summed E-state index contributed by atoms with van der Waals surface area (Å²) in [4.78, 5) is 0. The first-order chi connectivity index (χ1) is 14.7. The zero-order chi connectivity index (χ0) is 20.9. The number of ether oxygens (including phenoxy) is 2. The summed E-state index contributed by atoms with van der Waals surface area (Å²) in [6, 6.07) is 20.5. The summed E-state index contributed by atoms with van der Waals surface area (Å²) in [7, 11) is 3.17. The van der Waals surface area contributed by atoms with Gasteiger partial charge in [0.05, 0.1) is 19.9 Å². The van der Waals surface area contributed by atoms with Crippen LogP contribution in [0.1, 0.15) is 17.5 Å². The second-order valence-electron chi connectivity index (χ2n) is 6.51. The van der Waals surface area contributed by atoms with Crippen molar-refractivity contribution in [3.05, 3.63) is 90.1 Å². The fourth-order valence-electron chi connectivity index (χ4n) is 3.06. The molecule has 4 aromatic rings. The van der Waals surface area contributed by atoms with E-state index in [1.807, 2.05) is 42.5 Å². The lowest BCUT2D eigenvalue weighted by Crippen LogP contribution is -2.13. The average molecular weight is 405 g/mol. The average Bonchev–Trinajstić information content (AvgIpc) is 3.29. The van der Waals surface area contributed by atoms with E-state index in [-0.39, 0.29) is 5.82 Å². The Morgan fingerprint density at radius 2 is 1.67 bits per heavy atom. The van der Waals surface area contributed by atoms with Gasteiger partial charge in [-0.1, -0.05) is 30.3 Å². The molecule has 30 heavy (non-hydrogen) atoms. The number of aromatic nitrogens is 2. The fourth-order valence-corrected chi connectivity index (χ4v) is 3.06. The second-order valence-corrected chi connectivity index (χ2v) is 6.51. The Hall–Kier alpha value is -3.87. The van der Waals surface area contributed by atoms with Crippen molar-refractivity contribution >= 4 is 5.69 Å². The largest absolute Gasteiger partial charge is 0.497 e. The lowest BCUT2D eigenvalue weighted by molar-refractivity contribution is 0.395. The lowest BCUT2D eigenvalue weighted by atomic mass is 10.1. The van der Waals surface area contributed by atoms with Crippen LogP contribution in [0.3, 0.4) is 0 Å². The van der Waals surface area contributed by atoms with E-state index in [9.17, 15) is 4.39 Å². The number of methoxy groups -OCH3 is 2. The SMILES string of the molecule is COc1ccc(NC(c2ccc(F)cc2)c2nnc(-c3ccccc3)o2)c(OC)c1. The van der Waals surface area contributed by atoms with Crippen LogP contribution >= 0.6 is 0 Å². The molecule has 0 bridgehead atoms. The molecule has 3 aromatic carbocycles. The smallest absolute Gasteiger partial charge is 0.247 e. The molecule has 0 aliphatic rings. The zero-order valence-corrected chi connectivity index (χ0v) is 16.5. The van der Waals surface area contributed by atoms with E-state index in [1.165, 1.54) is 12.1 Å². The number of hydrogen-bond acceptors (Lipinski definition) is 6. The molecule has 7 heteroatoms. The summed E-state index contributed by atoms with van der Waals surface area (Å²) in [5.74, 6) is 1.68. The molecule has 152 valence electrons. The molecule has 1 heterocycles. The summed E-state index contributed by atoms with van der Waals surface area (Å²) < 4.78 is 30.2. The monoisotopic (exact) mass is 405 g/mol. The summed E-state index contributed by atoms with van der Waals surface area (Å²) in [5, 5.41) is 11.8. The Kier molecular flexibility index (Phi) is 5.61. The Labute approximate surface area is 173 Å². The van der Waals surface area contributed by atoms with Gasteiger partial charge < -0.3 is 19.2 Å². The van der Waals surface area contributed by atoms with Crippen molar-refractivity contribution in [2.45, 2.75) is 6.04 Å². The number of anilines is 1. The minimum Gasteiger partial charge on any atom is -0.497 e. The molecule has 1 atom stereocenters. The Bertz CT molecular complexity index is 1110. The molecule has 0 radical (unpaired) electrons. The third-order valence-electron chi connectivity index (χ3n) is 4.62. The first-order valence-electron chi connectivity index (χ1n) is 9.31. The first-order valence-corrected chi connectivity index (χ1v) is 9.31. The van der Waals surface area contributed by atoms with Crippen LogP contribution in [0.5, 0.6) is 11.5 Å². The van der Waals surface area contributed by atoms with Crippen LogP contribution in [-0.2, 0) is 0 Å². The van der Waals surface area contributed by atoms with Crippen LogP contribution in [0.2, 0.25) is 0 Å². The number of nitrogens with one attached hydrogen (secondary N) is 1. The summed E-state index contributed by atoms with van der Waals surface area (Å²) in [5.41, 5.74) is 2.28. The third kappa shape index (κ3) is 4.10. The Morgan fingerprint density at radius 3 is 2.37 bits per heavy atom. The van der Waals surface area contributed by atoms with Crippen LogP contribution in [-0.4, -0.2) is 24.4 Å². The van der Waals surface area contributed by atoms with E-state index in [4.69, 9.17) is 13.9 Å². The molecule has 1 unspecified atom stereocenters. The van der Waals surface area contributed by atoms with E-state index in [2.05, 4.69) is 15.5 Å². The van der Waals surface area contributed by atoms with Crippen molar-refractivity contribution in [1.82, 2.24) is 10.2 Å². The molecule has 4 rings (SSSR count). The first kappa shape index (κ1) is 19.4. The van der Waals surface area contributed by atoms with Crippen molar-refractivity contribution in [3.63, 3.8) is 0 Å². The van der Waals surface area contributed by atoms with Gasteiger partial charge in [-0.3, -0.25) is 0 Å². The molecule has 6 nitrogen and oxygen atoms in total. The molecule has 0 amide bonds. The molecule has 0 saturated heterocycles. The standard InChI is InChI=1S/C23H20FN3O3/c1-28-18-12-13-19(20(14-18)29-2)25-21(15-8-10-17(24)11-9-15)23-27-26-22(30-23)16-6-4-3-5-7-16/h3-14,21,25H,1-2H3. The molecule has 1 N–H and O–H groups in total. The maximum Gasteiger partial charge on any atom is 0.247 e. The van der Waals surface area contributed by atoms with Crippen LogP contribution in [0, 0.1) is 5.82 Å². The Balaban J connectivity index is 1.73. The Morgan fingerprint density at radius 1 is 0.900 bits per heavy atom. The topological polar surface area (TPSA) is 69.4 Å². The predicted molar refractivity (Wildman–Crippen MR) is 111 cm³/mol. The van der Waals surface area contributed by atoms with E-state index >= 15 is 0 Å². The van der Waals surface area contributed by atoms with E-state index < -0.39 is 6.04 Å². The quantitative estimate of drug-likeness (QED) is 0.462. The summed E-state index contributed by atoms with van der Waals surface area (Å²) in [6.07, 6.45) is 0. The summed E-state index contributed by atoms with van der Waals surface area (Å²) >= 11 is 0. The van der Waals surface area contributed by atoms with Gasteiger partial charge in [-0.2, -0.15) is 0 Å². The van der Waals surface area contributed by atoms with Crippen LogP contribution in [0.15, 0.2) is 77.2 Å². The normalized spacial score (nSPS) is 11.7. The van der Waals surface area contributed by atoms with Crippen LogP contribution in [0.4, 0.5) is 10.1 Å². The highest BCUT2D eigenvalue weighted by Crippen LogP contribution is 2.34. The minimum absolute atomic E-state index is 0.324. The van der Waals surface area contributed by atoms with Gasteiger partial charge in [0.2, 0.25) is 11.8 Å². The number of benzene rings is 3. The maximum atomic E-state index is 13.5. The van der Waals surface area contributed by atoms with Crippen molar-refractivity contribution in [1.29, 1.82) is 0 Å². The second kappa shape index (κ2) is 8.65. The van der Waals surface area contributed by atoms with Gasteiger partial charge in [0.1, 0.15) is 23.4 Å². The number of rotatable bonds is 7. The summed E-state index contributed by atoms with van der Waals surface area (Å²) in [6.45, 7) is 0. The molecule has 0 aliphatic carbocycles. The maximum absolute atomic E-state index is 13.5. The number of nitrogens with zero attached hydrogens (tertiary/aromatic N) is 2. The van der Waals surface area contributed by atoms with Crippen LogP contribution in [0.25, 0.3) is 11.5 Å². The van der Waals surface area contributed by atoms with E-state index in [1.54, 1.807) is 32.4 Å². The number of halogens is 1.